The number of hydrogen-bond acceptors (Lipinski definition) is 5. The predicted octanol–water partition coefficient (Wildman–Crippen LogP) is 2.95. The number of amides is 1. The molecule has 0 aliphatic heterocycles. The van der Waals surface area contributed by atoms with Gasteiger partial charge in [-0.25, -0.2) is 4.98 Å². The van der Waals surface area contributed by atoms with E-state index in [2.05, 4.69) is 21.2 Å². The Hall–Kier alpha value is -2.45. The van der Waals surface area contributed by atoms with E-state index in [0.717, 1.165) is 16.3 Å². The maximum atomic E-state index is 11.9. The molecule has 1 aromatic heterocycles. The Bertz CT molecular complexity index is 787. The maximum absolute atomic E-state index is 11.9. The summed E-state index contributed by atoms with van der Waals surface area (Å²) in [7, 11) is 0. The SMILES string of the molecule is Cc1nc(COc2ccccc2/C=C/C(=O)NNC(=S)NC(C)C)cs1. The largest absolute Gasteiger partial charge is 0.487 e. The lowest BCUT2D eigenvalue weighted by molar-refractivity contribution is -0.116. The molecule has 6 nitrogen and oxygen atoms in total. The van der Waals surface area contributed by atoms with Crippen LogP contribution in [0.1, 0.15) is 30.1 Å². The molecule has 0 aliphatic carbocycles. The number of carbonyl (C=O) groups is 1. The monoisotopic (exact) mass is 390 g/mol. The average Bonchev–Trinajstić information content (AvgIpc) is 3.02. The molecule has 2 aromatic rings. The van der Waals surface area contributed by atoms with Gasteiger partial charge in [-0.15, -0.1) is 11.3 Å². The zero-order chi connectivity index (χ0) is 18.9. The molecule has 2 rings (SSSR count). The van der Waals surface area contributed by atoms with Crippen LogP contribution < -0.4 is 20.9 Å². The molecule has 0 radical (unpaired) electrons. The van der Waals surface area contributed by atoms with Gasteiger partial charge in [0.25, 0.3) is 5.91 Å². The van der Waals surface area contributed by atoms with E-state index in [-0.39, 0.29) is 11.9 Å². The van der Waals surface area contributed by atoms with E-state index < -0.39 is 0 Å². The molecule has 0 unspecified atom stereocenters. The zero-order valence-electron chi connectivity index (χ0n) is 14.9. The van der Waals surface area contributed by atoms with Crippen molar-refractivity contribution in [1.82, 2.24) is 21.2 Å². The third kappa shape index (κ3) is 6.81. The number of aryl methyl sites for hydroxylation is 1. The van der Waals surface area contributed by atoms with Gasteiger partial charge in [0.15, 0.2) is 5.11 Å². The minimum atomic E-state index is -0.317. The van der Waals surface area contributed by atoms with Crippen LogP contribution in [0.4, 0.5) is 0 Å². The number of aromatic nitrogens is 1. The summed E-state index contributed by atoms with van der Waals surface area (Å²) in [6.07, 6.45) is 3.11. The molecular weight excluding hydrogens is 368 g/mol. The van der Waals surface area contributed by atoms with Crippen LogP contribution in [0, 0.1) is 6.92 Å². The molecule has 8 heteroatoms. The molecule has 0 spiro atoms. The molecule has 3 N–H and O–H groups in total. The Balaban J connectivity index is 1.90. The molecule has 0 atom stereocenters. The van der Waals surface area contributed by atoms with Crippen LogP contribution >= 0.6 is 23.6 Å². The zero-order valence-corrected chi connectivity index (χ0v) is 16.5. The summed E-state index contributed by atoms with van der Waals surface area (Å²) in [5, 5.41) is 6.31. The Morgan fingerprint density at radius 1 is 1.35 bits per heavy atom. The normalized spacial score (nSPS) is 10.8. The maximum Gasteiger partial charge on any atom is 0.262 e. The summed E-state index contributed by atoms with van der Waals surface area (Å²) in [4.78, 5) is 16.3. The van der Waals surface area contributed by atoms with Gasteiger partial charge in [0.05, 0.1) is 10.7 Å². The summed E-state index contributed by atoms with van der Waals surface area (Å²) in [6, 6.07) is 7.70. The van der Waals surface area contributed by atoms with Crippen molar-refractivity contribution in [1.29, 1.82) is 0 Å². The van der Waals surface area contributed by atoms with Crippen molar-refractivity contribution in [3.8, 4) is 5.75 Å². The molecule has 1 aromatic carbocycles. The standard InChI is InChI=1S/C18H22N4O2S2/c1-12(2)19-18(25)22-21-17(23)9-8-14-6-4-5-7-16(14)24-10-15-11-26-13(3)20-15/h4-9,11-12H,10H2,1-3H3,(H,21,23)(H2,19,22,25)/b9-8+. The fraction of sp³-hybridized carbons (Fsp3) is 0.278. The van der Waals surface area contributed by atoms with Gasteiger partial charge in [-0.05, 0) is 45.1 Å². The van der Waals surface area contributed by atoms with Crippen LogP contribution in [0.3, 0.4) is 0 Å². The molecule has 0 fully saturated rings. The van der Waals surface area contributed by atoms with Crippen LogP contribution in [-0.4, -0.2) is 22.0 Å². The van der Waals surface area contributed by atoms with Crippen molar-refractivity contribution < 1.29 is 9.53 Å². The number of rotatable bonds is 6. The third-order valence-electron chi connectivity index (χ3n) is 3.09. The first-order chi connectivity index (χ1) is 12.4. The number of ether oxygens (including phenoxy) is 1. The highest BCUT2D eigenvalue weighted by molar-refractivity contribution is 7.80. The van der Waals surface area contributed by atoms with E-state index in [1.54, 1.807) is 17.4 Å². The van der Waals surface area contributed by atoms with Crippen molar-refractivity contribution in [3.05, 3.63) is 52.0 Å². The van der Waals surface area contributed by atoms with E-state index in [1.165, 1.54) is 6.08 Å². The van der Waals surface area contributed by atoms with Gasteiger partial charge in [-0.1, -0.05) is 18.2 Å². The van der Waals surface area contributed by atoms with E-state index in [9.17, 15) is 4.79 Å². The van der Waals surface area contributed by atoms with Crippen LogP contribution in [-0.2, 0) is 11.4 Å². The number of para-hydroxylation sites is 1. The number of hydrazine groups is 1. The quantitative estimate of drug-likeness (QED) is 0.400. The number of hydrogen-bond donors (Lipinski definition) is 3. The topological polar surface area (TPSA) is 75.3 Å². The fourth-order valence-electron chi connectivity index (χ4n) is 2.00. The van der Waals surface area contributed by atoms with Crippen molar-refractivity contribution in [3.63, 3.8) is 0 Å². The highest BCUT2D eigenvalue weighted by atomic mass is 32.1. The van der Waals surface area contributed by atoms with Crippen molar-refractivity contribution >= 4 is 40.7 Å². The fourth-order valence-corrected chi connectivity index (χ4v) is 2.88. The second-order valence-corrected chi connectivity index (χ2v) is 7.23. The number of nitrogens with zero attached hydrogens (tertiary/aromatic N) is 1. The van der Waals surface area contributed by atoms with Crippen molar-refractivity contribution in [2.75, 3.05) is 0 Å². The minimum absolute atomic E-state index is 0.188. The Labute approximate surface area is 162 Å². The molecule has 0 saturated heterocycles. The highest BCUT2D eigenvalue weighted by Crippen LogP contribution is 2.21. The molecular formula is C18H22N4O2S2. The number of thiazole rings is 1. The number of benzene rings is 1. The smallest absolute Gasteiger partial charge is 0.262 e. The summed E-state index contributed by atoms with van der Waals surface area (Å²) in [5.41, 5.74) is 6.85. The molecule has 1 amide bonds. The van der Waals surface area contributed by atoms with Gasteiger partial charge >= 0.3 is 0 Å². The Morgan fingerprint density at radius 2 is 2.12 bits per heavy atom. The molecule has 0 aliphatic rings. The first kappa shape index (κ1) is 19.9. The van der Waals surface area contributed by atoms with E-state index in [4.69, 9.17) is 17.0 Å². The van der Waals surface area contributed by atoms with Gasteiger partial charge in [-0.2, -0.15) is 0 Å². The van der Waals surface area contributed by atoms with Crippen LogP contribution in [0.2, 0.25) is 0 Å². The van der Waals surface area contributed by atoms with Gasteiger partial charge in [0.1, 0.15) is 12.4 Å². The minimum Gasteiger partial charge on any atom is -0.487 e. The van der Waals surface area contributed by atoms with Gasteiger partial charge in [0, 0.05) is 23.1 Å². The van der Waals surface area contributed by atoms with E-state index >= 15 is 0 Å². The second-order valence-electron chi connectivity index (χ2n) is 5.76. The summed E-state index contributed by atoms with van der Waals surface area (Å²) < 4.78 is 5.83. The van der Waals surface area contributed by atoms with E-state index in [0.29, 0.717) is 17.5 Å². The Kier molecular flexibility index (Phi) is 7.55. The van der Waals surface area contributed by atoms with Gasteiger partial charge in [0.2, 0.25) is 0 Å². The Morgan fingerprint density at radius 3 is 2.81 bits per heavy atom. The number of nitrogens with one attached hydrogen (secondary N) is 3. The van der Waals surface area contributed by atoms with Crippen LogP contribution in [0.25, 0.3) is 6.08 Å². The van der Waals surface area contributed by atoms with Crippen LogP contribution in [0.15, 0.2) is 35.7 Å². The summed E-state index contributed by atoms with van der Waals surface area (Å²) in [6.45, 7) is 6.26. The number of thiocarbonyl (C=S) groups is 1. The van der Waals surface area contributed by atoms with E-state index in [1.807, 2.05) is 50.4 Å². The first-order valence-corrected chi connectivity index (χ1v) is 9.40. The van der Waals surface area contributed by atoms with Crippen molar-refractivity contribution in [2.45, 2.75) is 33.4 Å². The first-order valence-electron chi connectivity index (χ1n) is 8.11. The van der Waals surface area contributed by atoms with Gasteiger partial charge in [-0.3, -0.25) is 15.6 Å². The molecule has 26 heavy (non-hydrogen) atoms. The molecule has 0 saturated carbocycles. The molecule has 0 bridgehead atoms. The lowest BCUT2D eigenvalue weighted by Crippen LogP contribution is -2.48. The average molecular weight is 391 g/mol. The predicted molar refractivity (Wildman–Crippen MR) is 109 cm³/mol. The van der Waals surface area contributed by atoms with Crippen molar-refractivity contribution in [2.24, 2.45) is 0 Å². The third-order valence-corrected chi connectivity index (χ3v) is 4.14. The molecule has 138 valence electrons. The highest BCUT2D eigenvalue weighted by Gasteiger charge is 2.04. The van der Waals surface area contributed by atoms with Gasteiger partial charge < -0.3 is 10.1 Å². The number of carbonyl (C=O) groups excluding carboxylic acids is 1. The molecule has 1 heterocycles. The lowest BCUT2D eigenvalue weighted by Gasteiger charge is -2.12. The lowest BCUT2D eigenvalue weighted by atomic mass is 10.2. The second kappa shape index (κ2) is 9.88. The van der Waals surface area contributed by atoms with Crippen LogP contribution in [0.5, 0.6) is 5.75 Å². The summed E-state index contributed by atoms with van der Waals surface area (Å²) in [5.74, 6) is 0.370. The summed E-state index contributed by atoms with van der Waals surface area (Å²) >= 11 is 6.63.